The lowest BCUT2D eigenvalue weighted by Crippen LogP contribution is -2.18. The zero-order valence-corrected chi connectivity index (χ0v) is 12.4. The molecule has 124 valence electrons. The minimum absolute atomic E-state index is 0.180. The molecule has 2 heterocycles. The van der Waals surface area contributed by atoms with E-state index in [0.29, 0.717) is 18.1 Å². The Labute approximate surface area is 129 Å². The number of halogens is 3. The second-order valence-corrected chi connectivity index (χ2v) is 5.78. The first-order chi connectivity index (χ1) is 10.8. The quantitative estimate of drug-likeness (QED) is 0.940. The van der Waals surface area contributed by atoms with Gasteiger partial charge in [0, 0.05) is 18.2 Å². The Hall–Kier alpha value is -2.32. The summed E-state index contributed by atoms with van der Waals surface area (Å²) in [6.45, 7) is 0.874. The van der Waals surface area contributed by atoms with Crippen LogP contribution in [0.4, 0.5) is 18.9 Å². The molecule has 1 aliphatic carbocycles. The molecule has 0 aliphatic heterocycles. The molecule has 6 nitrogen and oxygen atoms in total. The van der Waals surface area contributed by atoms with Crippen molar-refractivity contribution in [3.8, 4) is 0 Å². The van der Waals surface area contributed by atoms with Gasteiger partial charge in [-0.05, 0) is 18.8 Å². The number of carbonyl (C=O) groups is 1. The van der Waals surface area contributed by atoms with E-state index in [-0.39, 0.29) is 11.4 Å². The van der Waals surface area contributed by atoms with Gasteiger partial charge in [-0.2, -0.15) is 18.3 Å². The summed E-state index contributed by atoms with van der Waals surface area (Å²) in [4.78, 5) is 12.3. The first-order valence-corrected chi connectivity index (χ1v) is 7.20. The molecular weight excluding hydrogens is 313 g/mol. The van der Waals surface area contributed by atoms with Gasteiger partial charge >= 0.3 is 6.18 Å². The summed E-state index contributed by atoms with van der Waals surface area (Å²) in [5.74, 6) is 0.639. The first-order valence-electron chi connectivity index (χ1n) is 7.20. The zero-order valence-electron chi connectivity index (χ0n) is 12.4. The van der Waals surface area contributed by atoms with E-state index in [1.807, 2.05) is 0 Å². The fourth-order valence-electron chi connectivity index (χ4n) is 2.65. The number of fused-ring (bicyclic) bond motifs is 1. The number of nitrogens with one attached hydrogen (secondary N) is 1. The summed E-state index contributed by atoms with van der Waals surface area (Å²) in [6, 6.07) is 0. The van der Waals surface area contributed by atoms with E-state index in [9.17, 15) is 18.0 Å². The zero-order chi connectivity index (χ0) is 16.6. The largest absolute Gasteiger partial charge is 0.408 e. The monoisotopic (exact) mass is 328 g/mol. The standard InChI is InChI=1S/C14H15F3N4O2/c1-8-2-3-11-10(4-8)12(20-23-11)13(22)19-9-5-18-21(6-9)7-14(15,16)17/h5-6,8H,2-4,7H2,1H3,(H,19,22)/t8-/m1/s1. The summed E-state index contributed by atoms with van der Waals surface area (Å²) < 4.78 is 42.8. The SMILES string of the molecule is C[C@@H]1CCc2onc(C(=O)Nc3cnn(CC(F)(F)F)c3)c2C1. The van der Waals surface area contributed by atoms with E-state index in [1.54, 1.807) is 0 Å². The van der Waals surface area contributed by atoms with E-state index < -0.39 is 18.6 Å². The van der Waals surface area contributed by atoms with Gasteiger partial charge in [-0.25, -0.2) is 0 Å². The van der Waals surface area contributed by atoms with E-state index in [1.165, 1.54) is 6.20 Å². The predicted molar refractivity (Wildman–Crippen MR) is 73.9 cm³/mol. The van der Waals surface area contributed by atoms with Crippen molar-refractivity contribution in [1.82, 2.24) is 14.9 Å². The Balaban J connectivity index is 1.72. The molecule has 0 spiro atoms. The molecule has 2 aromatic heterocycles. The van der Waals surface area contributed by atoms with Crippen LogP contribution in [0.25, 0.3) is 0 Å². The highest BCUT2D eigenvalue weighted by Gasteiger charge is 2.29. The molecule has 0 fully saturated rings. The molecule has 3 rings (SSSR count). The molecule has 1 N–H and O–H groups in total. The molecule has 1 atom stereocenters. The minimum Gasteiger partial charge on any atom is -0.360 e. The Bertz CT molecular complexity index is 720. The highest BCUT2D eigenvalue weighted by Crippen LogP contribution is 2.28. The third kappa shape index (κ3) is 3.54. The van der Waals surface area contributed by atoms with E-state index in [4.69, 9.17) is 4.52 Å². The average Bonchev–Trinajstić information content (AvgIpc) is 3.03. The molecule has 0 unspecified atom stereocenters. The minimum atomic E-state index is -4.37. The van der Waals surface area contributed by atoms with Gasteiger partial charge < -0.3 is 9.84 Å². The van der Waals surface area contributed by atoms with E-state index in [0.717, 1.165) is 29.3 Å². The number of aromatic nitrogens is 3. The van der Waals surface area contributed by atoms with Crippen molar-refractivity contribution < 1.29 is 22.5 Å². The van der Waals surface area contributed by atoms with Gasteiger partial charge in [0.15, 0.2) is 5.69 Å². The fourth-order valence-corrected chi connectivity index (χ4v) is 2.65. The van der Waals surface area contributed by atoms with Crippen molar-refractivity contribution in [3.63, 3.8) is 0 Å². The van der Waals surface area contributed by atoms with Crippen molar-refractivity contribution in [2.24, 2.45) is 5.92 Å². The summed E-state index contributed by atoms with van der Waals surface area (Å²) in [5.41, 5.74) is 1.15. The van der Waals surface area contributed by atoms with Gasteiger partial charge in [0.2, 0.25) is 0 Å². The molecule has 0 saturated heterocycles. The molecule has 2 aromatic rings. The number of aryl methyl sites for hydroxylation is 1. The Morgan fingerprint density at radius 3 is 3.04 bits per heavy atom. The van der Waals surface area contributed by atoms with Crippen LogP contribution in [0.3, 0.4) is 0 Å². The van der Waals surface area contributed by atoms with Crippen LogP contribution in [0, 0.1) is 5.92 Å². The van der Waals surface area contributed by atoms with Crippen LogP contribution in [-0.2, 0) is 19.4 Å². The number of anilines is 1. The van der Waals surface area contributed by atoms with Crippen molar-refractivity contribution in [3.05, 3.63) is 29.4 Å². The van der Waals surface area contributed by atoms with Crippen LogP contribution < -0.4 is 5.32 Å². The molecule has 0 radical (unpaired) electrons. The Kier molecular flexibility index (Phi) is 3.87. The van der Waals surface area contributed by atoms with Gasteiger partial charge in [-0.15, -0.1) is 0 Å². The Morgan fingerprint density at radius 1 is 1.52 bits per heavy atom. The number of rotatable bonds is 3. The number of carbonyl (C=O) groups excluding carboxylic acids is 1. The molecule has 1 aliphatic rings. The lowest BCUT2D eigenvalue weighted by atomic mass is 9.88. The predicted octanol–water partition coefficient (Wildman–Crippen LogP) is 2.81. The molecule has 0 bridgehead atoms. The third-order valence-electron chi connectivity index (χ3n) is 3.73. The number of amides is 1. The average molecular weight is 328 g/mol. The second kappa shape index (κ2) is 5.71. The number of hydrogen-bond donors (Lipinski definition) is 1. The first kappa shape index (κ1) is 15.6. The number of alkyl halides is 3. The molecule has 0 saturated carbocycles. The van der Waals surface area contributed by atoms with Crippen molar-refractivity contribution >= 4 is 11.6 Å². The second-order valence-electron chi connectivity index (χ2n) is 5.78. The summed E-state index contributed by atoms with van der Waals surface area (Å²) in [5, 5.41) is 9.88. The van der Waals surface area contributed by atoms with E-state index in [2.05, 4.69) is 22.5 Å². The van der Waals surface area contributed by atoms with Gasteiger partial charge in [0.05, 0.1) is 11.9 Å². The van der Waals surface area contributed by atoms with Crippen LogP contribution in [0.2, 0.25) is 0 Å². The molecule has 23 heavy (non-hydrogen) atoms. The lowest BCUT2D eigenvalue weighted by Gasteiger charge is -2.16. The topological polar surface area (TPSA) is 73.0 Å². The maximum atomic E-state index is 12.3. The van der Waals surface area contributed by atoms with Crippen LogP contribution in [0.1, 0.15) is 35.2 Å². The maximum Gasteiger partial charge on any atom is 0.408 e. The van der Waals surface area contributed by atoms with Gasteiger partial charge in [-0.1, -0.05) is 12.1 Å². The fraction of sp³-hybridized carbons (Fsp3) is 0.500. The highest BCUT2D eigenvalue weighted by atomic mass is 19.4. The molecule has 9 heteroatoms. The molecule has 0 aromatic carbocycles. The van der Waals surface area contributed by atoms with Crippen molar-refractivity contribution in [1.29, 1.82) is 0 Å². The van der Waals surface area contributed by atoms with Crippen LogP contribution in [-0.4, -0.2) is 27.0 Å². The number of nitrogens with zero attached hydrogens (tertiary/aromatic N) is 3. The smallest absolute Gasteiger partial charge is 0.360 e. The van der Waals surface area contributed by atoms with Gasteiger partial charge in [-0.3, -0.25) is 9.48 Å². The Morgan fingerprint density at radius 2 is 2.30 bits per heavy atom. The van der Waals surface area contributed by atoms with E-state index >= 15 is 0 Å². The lowest BCUT2D eigenvalue weighted by molar-refractivity contribution is -0.142. The van der Waals surface area contributed by atoms with Crippen LogP contribution in [0.15, 0.2) is 16.9 Å². The highest BCUT2D eigenvalue weighted by molar-refractivity contribution is 6.03. The van der Waals surface area contributed by atoms with Gasteiger partial charge in [0.1, 0.15) is 12.3 Å². The number of hydrogen-bond acceptors (Lipinski definition) is 4. The molecular formula is C14H15F3N4O2. The van der Waals surface area contributed by atoms with Crippen molar-refractivity contribution in [2.45, 2.75) is 38.9 Å². The summed E-state index contributed by atoms with van der Waals surface area (Å²) in [7, 11) is 0. The maximum absolute atomic E-state index is 12.3. The van der Waals surface area contributed by atoms with Crippen molar-refractivity contribution in [2.75, 3.05) is 5.32 Å². The molecule has 1 amide bonds. The summed E-state index contributed by atoms with van der Waals surface area (Å²) in [6.07, 6.45) is 0.344. The van der Waals surface area contributed by atoms with Gasteiger partial charge in [0.25, 0.3) is 5.91 Å². The third-order valence-corrected chi connectivity index (χ3v) is 3.73. The van der Waals surface area contributed by atoms with Crippen LogP contribution >= 0.6 is 0 Å². The summed E-state index contributed by atoms with van der Waals surface area (Å²) >= 11 is 0. The normalized spacial score (nSPS) is 17.8. The van der Waals surface area contributed by atoms with Crippen LogP contribution in [0.5, 0.6) is 0 Å².